The van der Waals surface area contributed by atoms with Crippen molar-refractivity contribution < 1.29 is 9.90 Å². The van der Waals surface area contributed by atoms with Gasteiger partial charge in [-0.3, -0.25) is 4.79 Å². The fourth-order valence-corrected chi connectivity index (χ4v) is 3.12. The number of carbonyl (C=O) groups is 1. The van der Waals surface area contributed by atoms with E-state index >= 15 is 0 Å². The Hall–Kier alpha value is -1.10. The maximum atomic E-state index is 11.4. The van der Waals surface area contributed by atoms with Crippen LogP contribution in [0.5, 0.6) is 0 Å². The minimum atomic E-state index is -0.674. The molecule has 1 heterocycles. The molecule has 94 valence electrons. The lowest BCUT2D eigenvalue weighted by Crippen LogP contribution is -2.35. The van der Waals surface area contributed by atoms with Crippen LogP contribution in [-0.2, 0) is 4.79 Å². The summed E-state index contributed by atoms with van der Waals surface area (Å²) in [5.74, 6) is -0.674. The lowest BCUT2D eigenvalue weighted by atomic mass is 9.86. The van der Waals surface area contributed by atoms with Gasteiger partial charge in [-0.15, -0.1) is 11.3 Å². The Morgan fingerprint density at radius 3 is 2.59 bits per heavy atom. The Morgan fingerprint density at radius 2 is 2.12 bits per heavy atom. The molecule has 2 N–H and O–H groups in total. The van der Waals surface area contributed by atoms with Gasteiger partial charge in [0.1, 0.15) is 0 Å². The molecule has 0 spiro atoms. The van der Waals surface area contributed by atoms with E-state index in [-0.39, 0.29) is 0 Å². The molecule has 1 aromatic rings. The summed E-state index contributed by atoms with van der Waals surface area (Å²) in [5.41, 5.74) is 0.446. The maximum Gasteiger partial charge on any atom is 0.311 e. The molecule has 5 heteroatoms. The van der Waals surface area contributed by atoms with E-state index in [2.05, 4.69) is 10.3 Å². The highest BCUT2D eigenvalue weighted by Crippen LogP contribution is 2.38. The largest absolute Gasteiger partial charge is 0.481 e. The number of aliphatic carboxylic acids is 1. The second-order valence-corrected chi connectivity index (χ2v) is 6.01. The van der Waals surface area contributed by atoms with Crippen LogP contribution in [0.25, 0.3) is 0 Å². The number of hydrogen-bond donors (Lipinski definition) is 2. The average Bonchev–Trinajstić information content (AvgIpc) is 2.85. The van der Waals surface area contributed by atoms with Crippen molar-refractivity contribution in [2.24, 2.45) is 5.41 Å². The Morgan fingerprint density at radius 1 is 1.47 bits per heavy atom. The summed E-state index contributed by atoms with van der Waals surface area (Å²) < 4.78 is 0. The highest BCUT2D eigenvalue weighted by Gasteiger charge is 2.41. The van der Waals surface area contributed by atoms with Crippen molar-refractivity contribution in [2.45, 2.75) is 39.5 Å². The van der Waals surface area contributed by atoms with Crippen LogP contribution in [0.1, 0.15) is 36.3 Å². The van der Waals surface area contributed by atoms with Gasteiger partial charge in [-0.05, 0) is 26.7 Å². The van der Waals surface area contributed by atoms with Crippen molar-refractivity contribution in [2.75, 3.05) is 11.9 Å². The Labute approximate surface area is 105 Å². The minimum Gasteiger partial charge on any atom is -0.481 e. The zero-order valence-corrected chi connectivity index (χ0v) is 11.1. The molecule has 0 amide bonds. The number of carboxylic acids is 1. The van der Waals surface area contributed by atoms with Gasteiger partial charge in [0.05, 0.1) is 11.1 Å². The van der Waals surface area contributed by atoms with Crippen LogP contribution in [-0.4, -0.2) is 22.6 Å². The van der Waals surface area contributed by atoms with Gasteiger partial charge in [-0.2, -0.15) is 0 Å². The van der Waals surface area contributed by atoms with E-state index in [1.165, 1.54) is 4.88 Å². The summed E-state index contributed by atoms with van der Waals surface area (Å²) in [7, 11) is 0. The number of nitrogens with zero attached hydrogens (tertiary/aromatic N) is 1. The molecule has 4 nitrogen and oxygen atoms in total. The van der Waals surface area contributed by atoms with Crippen LogP contribution in [0.15, 0.2) is 0 Å². The second kappa shape index (κ2) is 4.64. The van der Waals surface area contributed by atoms with Crippen molar-refractivity contribution in [1.29, 1.82) is 0 Å². The Bertz CT molecular complexity index is 403. The van der Waals surface area contributed by atoms with Crippen molar-refractivity contribution in [3.05, 3.63) is 10.6 Å². The standard InChI is InChI=1S/C12H18N2O2S/c1-8-9(2)17-11(14-8)13-7-12(10(15)16)5-3-4-6-12/h3-7H2,1-2H3,(H,13,14)(H,15,16). The molecule has 1 fully saturated rings. The minimum absolute atomic E-state index is 0.495. The molecule has 0 radical (unpaired) electrons. The van der Waals surface area contributed by atoms with Crippen LogP contribution in [0.3, 0.4) is 0 Å². The fourth-order valence-electron chi connectivity index (χ4n) is 2.31. The van der Waals surface area contributed by atoms with E-state index in [4.69, 9.17) is 0 Å². The number of rotatable bonds is 4. The van der Waals surface area contributed by atoms with E-state index < -0.39 is 11.4 Å². The highest BCUT2D eigenvalue weighted by molar-refractivity contribution is 7.15. The molecule has 1 aliphatic rings. The SMILES string of the molecule is Cc1nc(NCC2(C(=O)O)CCCC2)sc1C. The van der Waals surface area contributed by atoms with Crippen LogP contribution in [0.2, 0.25) is 0 Å². The third-order valence-corrected chi connectivity index (χ3v) is 4.65. The van der Waals surface area contributed by atoms with Gasteiger partial charge in [0, 0.05) is 11.4 Å². The summed E-state index contributed by atoms with van der Waals surface area (Å²) in [5, 5.41) is 13.4. The molecule has 0 saturated heterocycles. The first-order chi connectivity index (χ1) is 8.03. The lowest BCUT2D eigenvalue weighted by molar-refractivity contribution is -0.147. The van der Waals surface area contributed by atoms with Crippen LogP contribution in [0.4, 0.5) is 5.13 Å². The molecule has 17 heavy (non-hydrogen) atoms. The molecule has 1 saturated carbocycles. The predicted octanol–water partition coefficient (Wildman–Crippen LogP) is 2.82. The molecule has 0 bridgehead atoms. The van der Waals surface area contributed by atoms with E-state index in [1.54, 1.807) is 11.3 Å². The summed E-state index contributed by atoms with van der Waals surface area (Å²) in [6.07, 6.45) is 3.59. The Kier molecular flexibility index (Phi) is 3.38. The van der Waals surface area contributed by atoms with E-state index in [1.807, 2.05) is 13.8 Å². The number of aryl methyl sites for hydroxylation is 2. The lowest BCUT2D eigenvalue weighted by Gasteiger charge is -2.23. The first kappa shape index (κ1) is 12.4. The summed E-state index contributed by atoms with van der Waals surface area (Å²) >= 11 is 1.59. The number of thiazole rings is 1. The molecule has 1 aromatic heterocycles. The molecule has 0 atom stereocenters. The molecule has 1 aliphatic carbocycles. The average molecular weight is 254 g/mol. The van der Waals surface area contributed by atoms with Crippen molar-refractivity contribution in [1.82, 2.24) is 4.98 Å². The summed E-state index contributed by atoms with van der Waals surface area (Å²) in [6.45, 7) is 4.50. The number of nitrogens with one attached hydrogen (secondary N) is 1. The monoisotopic (exact) mass is 254 g/mol. The van der Waals surface area contributed by atoms with Crippen molar-refractivity contribution in [3.8, 4) is 0 Å². The third kappa shape index (κ3) is 2.44. The third-order valence-electron chi connectivity index (χ3n) is 3.62. The van der Waals surface area contributed by atoms with Gasteiger partial charge < -0.3 is 10.4 Å². The normalized spacial score (nSPS) is 18.2. The van der Waals surface area contributed by atoms with Crippen molar-refractivity contribution in [3.63, 3.8) is 0 Å². The van der Waals surface area contributed by atoms with Gasteiger partial charge in [0.2, 0.25) is 0 Å². The van der Waals surface area contributed by atoms with Gasteiger partial charge in [-0.25, -0.2) is 4.98 Å². The van der Waals surface area contributed by atoms with Crippen LogP contribution in [0, 0.1) is 19.3 Å². The van der Waals surface area contributed by atoms with Crippen LogP contribution < -0.4 is 5.32 Å². The van der Waals surface area contributed by atoms with Crippen LogP contribution >= 0.6 is 11.3 Å². The number of carboxylic acid groups (broad SMARTS) is 1. The zero-order valence-electron chi connectivity index (χ0n) is 10.2. The fraction of sp³-hybridized carbons (Fsp3) is 0.667. The highest BCUT2D eigenvalue weighted by atomic mass is 32.1. The number of aromatic nitrogens is 1. The first-order valence-corrected chi connectivity index (χ1v) is 6.76. The zero-order chi connectivity index (χ0) is 12.5. The van der Waals surface area contributed by atoms with Gasteiger partial charge >= 0.3 is 5.97 Å². The summed E-state index contributed by atoms with van der Waals surface area (Å²) in [4.78, 5) is 16.9. The van der Waals surface area contributed by atoms with Gasteiger partial charge in [-0.1, -0.05) is 12.8 Å². The quantitative estimate of drug-likeness (QED) is 0.867. The molecule has 0 aromatic carbocycles. The predicted molar refractivity (Wildman–Crippen MR) is 68.6 cm³/mol. The number of hydrogen-bond acceptors (Lipinski definition) is 4. The van der Waals surface area contributed by atoms with E-state index in [0.29, 0.717) is 6.54 Å². The Balaban J connectivity index is 2.03. The maximum absolute atomic E-state index is 11.4. The van der Waals surface area contributed by atoms with Gasteiger partial charge in [0.15, 0.2) is 5.13 Å². The topological polar surface area (TPSA) is 62.2 Å². The molecule has 0 aliphatic heterocycles. The summed E-state index contributed by atoms with van der Waals surface area (Å²) in [6, 6.07) is 0. The van der Waals surface area contributed by atoms with Crippen molar-refractivity contribution >= 4 is 22.4 Å². The molecule has 2 rings (SSSR count). The molecular weight excluding hydrogens is 236 g/mol. The smallest absolute Gasteiger partial charge is 0.311 e. The second-order valence-electron chi connectivity index (χ2n) is 4.81. The molecule has 0 unspecified atom stereocenters. The van der Waals surface area contributed by atoms with Gasteiger partial charge in [0.25, 0.3) is 0 Å². The molecular formula is C12H18N2O2S. The van der Waals surface area contributed by atoms with E-state index in [9.17, 15) is 9.90 Å². The van der Waals surface area contributed by atoms with E-state index in [0.717, 1.165) is 36.5 Å². The first-order valence-electron chi connectivity index (χ1n) is 5.95. The number of anilines is 1.